The largest absolute Gasteiger partial charge is 0.317 e. The minimum atomic E-state index is 0. The highest BCUT2D eigenvalue weighted by molar-refractivity contribution is 5.00. The standard InChI is InChI=1S/C10H19N.H2/c1-4-11-9-7-5-6-8-10(2)3;/h10-11H,4-5,7,9H2,1-3H3;1H. The molecule has 0 radical (unpaired) electrons. The van der Waals surface area contributed by atoms with Crippen molar-refractivity contribution >= 4 is 0 Å². The van der Waals surface area contributed by atoms with Crippen molar-refractivity contribution in [1.82, 2.24) is 5.32 Å². The fraction of sp³-hybridized carbons (Fsp3) is 0.800. The molecule has 0 aliphatic carbocycles. The van der Waals surface area contributed by atoms with Gasteiger partial charge in [0.2, 0.25) is 0 Å². The van der Waals surface area contributed by atoms with Crippen LogP contribution in [0.5, 0.6) is 0 Å². The van der Waals surface area contributed by atoms with Crippen LogP contribution < -0.4 is 5.32 Å². The van der Waals surface area contributed by atoms with E-state index in [0.29, 0.717) is 5.92 Å². The van der Waals surface area contributed by atoms with Gasteiger partial charge in [0.05, 0.1) is 0 Å². The van der Waals surface area contributed by atoms with E-state index in [-0.39, 0.29) is 1.43 Å². The monoisotopic (exact) mass is 155 g/mol. The highest BCUT2D eigenvalue weighted by Crippen LogP contribution is 1.89. The molecule has 0 heterocycles. The molecule has 0 spiro atoms. The smallest absolute Gasteiger partial charge is 0.0146 e. The summed E-state index contributed by atoms with van der Waals surface area (Å²) in [5.41, 5.74) is 0. The molecule has 0 aromatic carbocycles. The van der Waals surface area contributed by atoms with E-state index in [1.165, 1.54) is 6.42 Å². The minimum absolute atomic E-state index is 0. The Morgan fingerprint density at radius 1 is 1.45 bits per heavy atom. The second-order valence-corrected chi connectivity index (χ2v) is 2.93. The van der Waals surface area contributed by atoms with Gasteiger partial charge in [-0.25, -0.2) is 0 Å². The van der Waals surface area contributed by atoms with Gasteiger partial charge >= 0.3 is 0 Å². The van der Waals surface area contributed by atoms with Crippen LogP contribution in [0.1, 0.15) is 35.0 Å². The highest BCUT2D eigenvalue weighted by atomic mass is 14.8. The molecule has 1 nitrogen and oxygen atoms in total. The molecule has 1 N–H and O–H groups in total. The summed E-state index contributed by atoms with van der Waals surface area (Å²) in [6.07, 6.45) is 2.21. The molecular weight excluding hydrogens is 134 g/mol. The summed E-state index contributed by atoms with van der Waals surface area (Å²) in [4.78, 5) is 0. The van der Waals surface area contributed by atoms with Gasteiger partial charge in [0.15, 0.2) is 0 Å². The lowest BCUT2D eigenvalue weighted by atomic mass is 10.2. The molecule has 0 unspecified atom stereocenters. The van der Waals surface area contributed by atoms with Crippen LogP contribution in [0.2, 0.25) is 0 Å². The van der Waals surface area contributed by atoms with Crippen molar-refractivity contribution in [2.75, 3.05) is 13.1 Å². The number of nitrogens with one attached hydrogen (secondary N) is 1. The Balaban J connectivity index is 0. The van der Waals surface area contributed by atoms with Gasteiger partial charge in [-0.2, -0.15) is 0 Å². The molecule has 1 heteroatoms. The maximum absolute atomic E-state index is 3.27. The molecule has 0 rings (SSSR count). The van der Waals surface area contributed by atoms with E-state index in [1.54, 1.807) is 0 Å². The van der Waals surface area contributed by atoms with Crippen molar-refractivity contribution in [1.29, 1.82) is 0 Å². The molecule has 0 saturated carbocycles. The van der Waals surface area contributed by atoms with Crippen LogP contribution in [0.25, 0.3) is 0 Å². The van der Waals surface area contributed by atoms with Crippen molar-refractivity contribution in [3.63, 3.8) is 0 Å². The van der Waals surface area contributed by atoms with E-state index in [2.05, 4.69) is 37.9 Å². The molecule has 0 amide bonds. The van der Waals surface area contributed by atoms with Gasteiger partial charge in [-0.1, -0.05) is 20.8 Å². The predicted octanol–water partition coefficient (Wildman–Crippen LogP) is 2.28. The Morgan fingerprint density at radius 3 is 2.73 bits per heavy atom. The molecule has 0 aliphatic heterocycles. The zero-order valence-electron chi connectivity index (χ0n) is 7.91. The van der Waals surface area contributed by atoms with E-state index in [9.17, 15) is 0 Å². The number of rotatable bonds is 4. The fourth-order valence-corrected chi connectivity index (χ4v) is 0.755. The lowest BCUT2D eigenvalue weighted by Crippen LogP contribution is -2.13. The Kier molecular flexibility index (Phi) is 7.29. The van der Waals surface area contributed by atoms with Crippen molar-refractivity contribution in [3.05, 3.63) is 0 Å². The van der Waals surface area contributed by atoms with Crippen LogP contribution in [0, 0.1) is 17.8 Å². The fourth-order valence-electron chi connectivity index (χ4n) is 0.755. The molecule has 0 aromatic heterocycles. The first kappa shape index (κ1) is 10.5. The molecule has 0 atom stereocenters. The van der Waals surface area contributed by atoms with E-state index in [4.69, 9.17) is 0 Å². The Hall–Kier alpha value is -0.480. The number of unbranched alkanes of at least 4 members (excludes halogenated alkanes) is 1. The van der Waals surface area contributed by atoms with Crippen LogP contribution in [-0.2, 0) is 0 Å². The third-order valence-electron chi connectivity index (χ3n) is 1.30. The second-order valence-electron chi connectivity index (χ2n) is 2.93. The maximum Gasteiger partial charge on any atom is 0.0146 e. The summed E-state index contributed by atoms with van der Waals surface area (Å²) < 4.78 is 0. The summed E-state index contributed by atoms with van der Waals surface area (Å²) in [5.74, 6) is 6.82. The van der Waals surface area contributed by atoms with Crippen molar-refractivity contribution in [2.24, 2.45) is 5.92 Å². The van der Waals surface area contributed by atoms with Gasteiger partial charge in [-0.15, -0.1) is 11.8 Å². The van der Waals surface area contributed by atoms with Crippen molar-refractivity contribution < 1.29 is 1.43 Å². The number of hydrogen-bond acceptors (Lipinski definition) is 1. The van der Waals surface area contributed by atoms with E-state index < -0.39 is 0 Å². The third kappa shape index (κ3) is 9.52. The first-order valence-corrected chi connectivity index (χ1v) is 4.46. The zero-order chi connectivity index (χ0) is 8.53. The Labute approximate surface area is 72.1 Å². The summed E-state index contributed by atoms with van der Waals surface area (Å²) in [6.45, 7) is 8.54. The zero-order valence-corrected chi connectivity index (χ0v) is 7.91. The van der Waals surface area contributed by atoms with Gasteiger partial charge in [0, 0.05) is 13.8 Å². The third-order valence-corrected chi connectivity index (χ3v) is 1.30. The lowest BCUT2D eigenvalue weighted by molar-refractivity contribution is 0.683. The summed E-state index contributed by atoms with van der Waals surface area (Å²) in [6, 6.07) is 0. The maximum atomic E-state index is 3.27. The van der Waals surface area contributed by atoms with E-state index in [0.717, 1.165) is 19.5 Å². The Bertz CT molecular complexity index is 133. The van der Waals surface area contributed by atoms with Crippen LogP contribution >= 0.6 is 0 Å². The minimum Gasteiger partial charge on any atom is -0.317 e. The van der Waals surface area contributed by atoms with Gasteiger partial charge in [-0.05, 0) is 19.5 Å². The SMILES string of the molecule is CCNCCCC#CC(C)C.[HH]. The lowest BCUT2D eigenvalue weighted by Gasteiger charge is -1.95. The van der Waals surface area contributed by atoms with E-state index >= 15 is 0 Å². The Morgan fingerprint density at radius 2 is 2.18 bits per heavy atom. The van der Waals surface area contributed by atoms with Gasteiger partial charge in [0.1, 0.15) is 0 Å². The molecule has 0 fully saturated rings. The predicted molar refractivity (Wildman–Crippen MR) is 52.5 cm³/mol. The topological polar surface area (TPSA) is 12.0 Å². The van der Waals surface area contributed by atoms with Crippen molar-refractivity contribution in [3.8, 4) is 11.8 Å². The molecule has 0 bridgehead atoms. The first-order valence-electron chi connectivity index (χ1n) is 4.46. The summed E-state index contributed by atoms with van der Waals surface area (Å²) in [7, 11) is 0. The molecule has 0 aromatic rings. The number of hydrogen-bond donors (Lipinski definition) is 1. The van der Waals surface area contributed by atoms with Crippen molar-refractivity contribution in [2.45, 2.75) is 33.6 Å². The first-order chi connectivity index (χ1) is 5.27. The van der Waals surface area contributed by atoms with E-state index in [1.807, 2.05) is 0 Å². The van der Waals surface area contributed by atoms with Crippen LogP contribution in [0.4, 0.5) is 0 Å². The van der Waals surface area contributed by atoms with Gasteiger partial charge < -0.3 is 5.32 Å². The molecule has 0 aliphatic rings. The molecule has 11 heavy (non-hydrogen) atoms. The van der Waals surface area contributed by atoms with Crippen LogP contribution in [-0.4, -0.2) is 13.1 Å². The average molecular weight is 155 g/mol. The molecule has 66 valence electrons. The normalized spacial score (nSPS) is 9.45. The quantitative estimate of drug-likeness (QED) is 0.485. The van der Waals surface area contributed by atoms with Gasteiger partial charge in [0.25, 0.3) is 0 Å². The second kappa shape index (κ2) is 7.63. The summed E-state index contributed by atoms with van der Waals surface area (Å²) >= 11 is 0. The highest BCUT2D eigenvalue weighted by Gasteiger charge is 1.83. The molecular formula is C10H21N. The molecule has 0 saturated heterocycles. The average Bonchev–Trinajstić information content (AvgIpc) is 1.96. The summed E-state index contributed by atoms with van der Waals surface area (Å²) in [5, 5.41) is 3.27. The van der Waals surface area contributed by atoms with Gasteiger partial charge in [-0.3, -0.25) is 0 Å². The van der Waals surface area contributed by atoms with Crippen LogP contribution in [0.3, 0.4) is 0 Å². The van der Waals surface area contributed by atoms with Crippen LogP contribution in [0.15, 0.2) is 0 Å².